The van der Waals surface area contributed by atoms with Crippen molar-refractivity contribution >= 4 is 23.5 Å². The summed E-state index contributed by atoms with van der Waals surface area (Å²) in [5.41, 5.74) is 4.60. The molecule has 0 fully saturated rings. The number of hydrogen-bond donors (Lipinski definition) is 1. The third-order valence-electron chi connectivity index (χ3n) is 6.03. The SMILES string of the molecule is CCn1c(Cc2ccccc2)nnc1SCC(=O)Nc1c(C#N)c(C)c(C)n1Cc1ccccc1. The Hall–Kier alpha value is -3.83. The second-order valence-corrected chi connectivity index (χ2v) is 9.20. The number of aromatic nitrogens is 4. The fourth-order valence-electron chi connectivity index (χ4n) is 4.04. The highest BCUT2D eigenvalue weighted by Gasteiger charge is 2.21. The highest BCUT2D eigenvalue weighted by atomic mass is 32.2. The second-order valence-electron chi connectivity index (χ2n) is 8.26. The van der Waals surface area contributed by atoms with Crippen molar-refractivity contribution in [3.8, 4) is 6.07 Å². The smallest absolute Gasteiger partial charge is 0.235 e. The van der Waals surface area contributed by atoms with Crippen LogP contribution in [-0.2, 0) is 24.3 Å². The van der Waals surface area contributed by atoms with Gasteiger partial charge in [0.2, 0.25) is 5.91 Å². The van der Waals surface area contributed by atoms with Crippen LogP contribution < -0.4 is 5.32 Å². The van der Waals surface area contributed by atoms with Gasteiger partial charge in [-0.15, -0.1) is 10.2 Å². The normalized spacial score (nSPS) is 10.8. The lowest BCUT2D eigenvalue weighted by molar-refractivity contribution is -0.113. The van der Waals surface area contributed by atoms with E-state index in [9.17, 15) is 10.1 Å². The van der Waals surface area contributed by atoms with Crippen LogP contribution in [0.1, 0.15) is 40.7 Å². The number of benzene rings is 2. The lowest BCUT2D eigenvalue weighted by Gasteiger charge is -2.13. The predicted molar refractivity (Wildman–Crippen MR) is 138 cm³/mol. The molecule has 0 aliphatic carbocycles. The van der Waals surface area contributed by atoms with Crippen molar-refractivity contribution in [2.24, 2.45) is 0 Å². The van der Waals surface area contributed by atoms with Crippen molar-refractivity contribution in [3.05, 3.63) is 94.4 Å². The van der Waals surface area contributed by atoms with Gasteiger partial charge in [-0.1, -0.05) is 72.4 Å². The zero-order valence-corrected chi connectivity index (χ0v) is 21.0. The molecule has 0 atom stereocenters. The lowest BCUT2D eigenvalue weighted by Crippen LogP contribution is -2.19. The van der Waals surface area contributed by atoms with Gasteiger partial charge in [0.15, 0.2) is 5.16 Å². The first-order valence-corrected chi connectivity index (χ1v) is 12.5. The highest BCUT2D eigenvalue weighted by Crippen LogP contribution is 2.28. The summed E-state index contributed by atoms with van der Waals surface area (Å²) in [6.07, 6.45) is 0.686. The summed E-state index contributed by atoms with van der Waals surface area (Å²) in [5.74, 6) is 1.40. The molecule has 0 saturated carbocycles. The van der Waals surface area contributed by atoms with Crippen molar-refractivity contribution in [1.82, 2.24) is 19.3 Å². The van der Waals surface area contributed by atoms with Crippen LogP contribution in [0, 0.1) is 25.2 Å². The number of amides is 1. The van der Waals surface area contributed by atoms with E-state index in [1.807, 2.05) is 78.4 Å². The van der Waals surface area contributed by atoms with Gasteiger partial charge in [-0.2, -0.15) is 5.26 Å². The van der Waals surface area contributed by atoms with Gasteiger partial charge >= 0.3 is 0 Å². The summed E-state index contributed by atoms with van der Waals surface area (Å²) in [5, 5.41) is 22.2. The Morgan fingerprint density at radius 2 is 1.66 bits per heavy atom. The second kappa shape index (κ2) is 11.1. The lowest BCUT2D eigenvalue weighted by atomic mass is 10.1. The Morgan fingerprint density at radius 1 is 1.00 bits per heavy atom. The number of rotatable bonds is 9. The molecular formula is C27H28N6OS. The van der Waals surface area contributed by atoms with Gasteiger partial charge in [-0.05, 0) is 37.5 Å². The van der Waals surface area contributed by atoms with Gasteiger partial charge in [-0.25, -0.2) is 0 Å². The largest absolute Gasteiger partial charge is 0.326 e. The molecule has 7 nitrogen and oxygen atoms in total. The van der Waals surface area contributed by atoms with Crippen LogP contribution in [0.4, 0.5) is 5.82 Å². The van der Waals surface area contributed by atoms with Gasteiger partial charge in [0.1, 0.15) is 17.7 Å². The van der Waals surface area contributed by atoms with Crippen molar-refractivity contribution in [2.45, 2.75) is 45.4 Å². The first kappa shape index (κ1) is 24.3. The van der Waals surface area contributed by atoms with Gasteiger partial charge < -0.3 is 14.5 Å². The third kappa shape index (κ3) is 5.47. The Balaban J connectivity index is 1.48. The molecule has 4 aromatic rings. The molecule has 0 aliphatic rings. The maximum absolute atomic E-state index is 13.0. The molecule has 0 unspecified atom stereocenters. The molecule has 35 heavy (non-hydrogen) atoms. The molecule has 0 aliphatic heterocycles. The minimum atomic E-state index is -0.187. The minimum absolute atomic E-state index is 0.170. The molecule has 0 spiro atoms. The summed E-state index contributed by atoms with van der Waals surface area (Å²) in [6.45, 7) is 7.23. The molecule has 4 rings (SSSR count). The number of nitrogens with zero attached hydrogens (tertiary/aromatic N) is 5. The number of anilines is 1. The van der Waals surface area contributed by atoms with Crippen LogP contribution >= 0.6 is 11.8 Å². The topological polar surface area (TPSA) is 88.5 Å². The van der Waals surface area contributed by atoms with Crippen molar-refractivity contribution in [2.75, 3.05) is 11.1 Å². The monoisotopic (exact) mass is 484 g/mol. The van der Waals surface area contributed by atoms with Crippen LogP contribution in [0.25, 0.3) is 0 Å². The Morgan fingerprint density at radius 3 is 2.29 bits per heavy atom. The quantitative estimate of drug-likeness (QED) is 0.339. The zero-order valence-electron chi connectivity index (χ0n) is 20.2. The molecule has 8 heteroatoms. The van der Waals surface area contributed by atoms with Crippen LogP contribution in [0.3, 0.4) is 0 Å². The van der Waals surface area contributed by atoms with Gasteiger partial charge in [-0.3, -0.25) is 4.79 Å². The number of hydrogen-bond acceptors (Lipinski definition) is 5. The number of nitriles is 1. The summed E-state index contributed by atoms with van der Waals surface area (Å²) in [7, 11) is 0. The number of thioether (sulfide) groups is 1. The summed E-state index contributed by atoms with van der Waals surface area (Å²) in [6, 6.07) is 22.4. The number of nitrogens with one attached hydrogen (secondary N) is 1. The Kier molecular flexibility index (Phi) is 7.68. The molecule has 2 heterocycles. The van der Waals surface area contributed by atoms with Crippen LogP contribution in [-0.4, -0.2) is 31.0 Å². The van der Waals surface area contributed by atoms with E-state index >= 15 is 0 Å². The standard InChI is InChI=1S/C27H28N6OS/c1-4-32-24(15-21-11-7-5-8-12-21)30-31-27(32)35-18-25(34)29-26-23(16-28)19(2)20(3)33(26)17-22-13-9-6-10-14-22/h5-14H,4,15,17-18H2,1-3H3,(H,29,34). The molecule has 0 saturated heterocycles. The van der Waals surface area contributed by atoms with E-state index in [2.05, 4.69) is 33.7 Å². The average molecular weight is 485 g/mol. The van der Waals surface area contributed by atoms with Crippen LogP contribution in [0.2, 0.25) is 0 Å². The molecular weight excluding hydrogens is 456 g/mol. The fourth-order valence-corrected chi connectivity index (χ4v) is 4.87. The van der Waals surface area contributed by atoms with E-state index in [4.69, 9.17) is 0 Å². The van der Waals surface area contributed by atoms with E-state index in [1.54, 1.807) is 0 Å². The molecule has 1 amide bonds. The fraction of sp³-hybridized carbons (Fsp3) is 0.259. The van der Waals surface area contributed by atoms with Crippen molar-refractivity contribution < 1.29 is 4.79 Å². The highest BCUT2D eigenvalue weighted by molar-refractivity contribution is 7.99. The molecule has 0 radical (unpaired) electrons. The molecule has 2 aromatic heterocycles. The van der Waals surface area contributed by atoms with Gasteiger partial charge in [0.25, 0.3) is 0 Å². The molecule has 178 valence electrons. The van der Waals surface area contributed by atoms with Crippen LogP contribution in [0.15, 0.2) is 65.8 Å². The number of carbonyl (C=O) groups excluding carboxylic acids is 1. The molecule has 0 bridgehead atoms. The van der Waals surface area contributed by atoms with Crippen LogP contribution in [0.5, 0.6) is 0 Å². The maximum atomic E-state index is 13.0. The molecule has 1 N–H and O–H groups in total. The summed E-state index contributed by atoms with van der Waals surface area (Å²) in [4.78, 5) is 13.0. The van der Waals surface area contributed by atoms with E-state index in [0.717, 1.165) is 34.8 Å². The van der Waals surface area contributed by atoms with E-state index in [-0.39, 0.29) is 11.7 Å². The van der Waals surface area contributed by atoms with E-state index in [0.29, 0.717) is 29.5 Å². The summed E-state index contributed by atoms with van der Waals surface area (Å²) >= 11 is 1.35. The predicted octanol–water partition coefficient (Wildman–Crippen LogP) is 4.96. The van der Waals surface area contributed by atoms with E-state index < -0.39 is 0 Å². The first-order valence-electron chi connectivity index (χ1n) is 11.5. The Bertz CT molecular complexity index is 1350. The molecule has 2 aromatic carbocycles. The summed E-state index contributed by atoms with van der Waals surface area (Å²) < 4.78 is 4.04. The van der Waals surface area contributed by atoms with E-state index in [1.165, 1.54) is 11.8 Å². The van der Waals surface area contributed by atoms with Crippen molar-refractivity contribution in [3.63, 3.8) is 0 Å². The Labute approximate surface area is 209 Å². The first-order chi connectivity index (χ1) is 17.0. The zero-order chi connectivity index (χ0) is 24.8. The number of carbonyl (C=O) groups is 1. The van der Waals surface area contributed by atoms with Gasteiger partial charge in [0.05, 0.1) is 11.3 Å². The third-order valence-corrected chi connectivity index (χ3v) is 7.00. The minimum Gasteiger partial charge on any atom is -0.326 e. The average Bonchev–Trinajstić information content (AvgIpc) is 3.36. The maximum Gasteiger partial charge on any atom is 0.235 e. The van der Waals surface area contributed by atoms with Gasteiger partial charge in [0, 0.05) is 25.2 Å². The van der Waals surface area contributed by atoms with Crippen molar-refractivity contribution in [1.29, 1.82) is 5.26 Å².